The number of rotatable bonds is 6. The van der Waals surface area contributed by atoms with Crippen molar-refractivity contribution in [3.63, 3.8) is 0 Å². The van der Waals surface area contributed by atoms with Crippen LogP contribution in [0.4, 0.5) is 5.69 Å². The lowest BCUT2D eigenvalue weighted by atomic mass is 9.92. The van der Waals surface area contributed by atoms with Crippen LogP contribution >= 0.6 is 0 Å². The Kier molecular flexibility index (Phi) is 3.33. The molecule has 17 heavy (non-hydrogen) atoms. The van der Waals surface area contributed by atoms with Crippen LogP contribution in [0.2, 0.25) is 0 Å². The standard InChI is InChI=1S/C13H18N2O2/c1-17-9-13(12(14)16,10-7-8-10)15-11-5-3-2-4-6-11/h2-6,10,15H,7-9H2,1H3,(H2,14,16). The molecule has 0 radical (unpaired) electrons. The summed E-state index contributed by atoms with van der Waals surface area (Å²) in [5.74, 6) is -0.0640. The van der Waals surface area contributed by atoms with Crippen molar-refractivity contribution >= 4 is 11.6 Å². The Labute approximate surface area is 101 Å². The molecule has 0 aliphatic heterocycles. The first-order valence-electron chi connectivity index (χ1n) is 5.81. The average molecular weight is 234 g/mol. The third-order valence-electron chi connectivity index (χ3n) is 3.23. The number of amides is 1. The van der Waals surface area contributed by atoms with Gasteiger partial charge in [0, 0.05) is 12.8 Å². The molecule has 1 fully saturated rings. The Morgan fingerprint density at radius 1 is 1.47 bits per heavy atom. The van der Waals surface area contributed by atoms with Crippen LogP contribution in [0.3, 0.4) is 0 Å². The van der Waals surface area contributed by atoms with Gasteiger partial charge in [0.2, 0.25) is 5.91 Å². The van der Waals surface area contributed by atoms with Crippen LogP contribution < -0.4 is 11.1 Å². The van der Waals surface area contributed by atoms with Gasteiger partial charge >= 0.3 is 0 Å². The zero-order valence-electron chi connectivity index (χ0n) is 9.98. The summed E-state index contributed by atoms with van der Waals surface area (Å²) in [7, 11) is 1.59. The van der Waals surface area contributed by atoms with Crippen molar-refractivity contribution in [1.29, 1.82) is 0 Å². The van der Waals surface area contributed by atoms with Crippen LogP contribution in [0.25, 0.3) is 0 Å². The quantitative estimate of drug-likeness (QED) is 0.781. The molecule has 0 heterocycles. The second kappa shape index (κ2) is 4.75. The predicted molar refractivity (Wildman–Crippen MR) is 66.6 cm³/mol. The van der Waals surface area contributed by atoms with Crippen LogP contribution in [0.15, 0.2) is 30.3 Å². The lowest BCUT2D eigenvalue weighted by molar-refractivity contribution is -0.124. The maximum Gasteiger partial charge on any atom is 0.245 e. The van der Waals surface area contributed by atoms with Gasteiger partial charge in [0.05, 0.1) is 6.61 Å². The first kappa shape index (κ1) is 11.9. The monoisotopic (exact) mass is 234 g/mol. The minimum atomic E-state index is -0.768. The third kappa shape index (κ3) is 2.42. The zero-order chi connectivity index (χ0) is 12.3. The number of hydrogen-bond donors (Lipinski definition) is 2. The Morgan fingerprint density at radius 3 is 2.59 bits per heavy atom. The highest BCUT2D eigenvalue weighted by atomic mass is 16.5. The molecule has 0 saturated heterocycles. The maximum atomic E-state index is 11.8. The molecule has 3 N–H and O–H groups in total. The third-order valence-corrected chi connectivity index (χ3v) is 3.23. The number of primary amides is 1. The van der Waals surface area contributed by atoms with E-state index in [0.717, 1.165) is 18.5 Å². The highest BCUT2D eigenvalue weighted by Crippen LogP contribution is 2.41. The van der Waals surface area contributed by atoms with Gasteiger partial charge in [-0.2, -0.15) is 0 Å². The van der Waals surface area contributed by atoms with Crippen molar-refractivity contribution in [2.24, 2.45) is 11.7 Å². The average Bonchev–Trinajstić information content (AvgIpc) is 3.13. The number of hydrogen-bond acceptors (Lipinski definition) is 3. The van der Waals surface area contributed by atoms with Crippen LogP contribution in [-0.2, 0) is 9.53 Å². The molecule has 1 aliphatic carbocycles. The number of nitrogens with two attached hydrogens (primary N) is 1. The fraction of sp³-hybridized carbons (Fsp3) is 0.462. The SMILES string of the molecule is COCC(Nc1ccccc1)(C(N)=O)C1CC1. The summed E-state index contributed by atoms with van der Waals surface area (Å²) < 4.78 is 5.18. The van der Waals surface area contributed by atoms with Gasteiger partial charge in [0.1, 0.15) is 5.54 Å². The Morgan fingerprint density at radius 2 is 2.12 bits per heavy atom. The molecule has 1 saturated carbocycles. The number of anilines is 1. The molecule has 92 valence electrons. The van der Waals surface area contributed by atoms with Crippen molar-refractivity contribution in [3.8, 4) is 0 Å². The van der Waals surface area contributed by atoms with E-state index in [1.54, 1.807) is 7.11 Å². The van der Waals surface area contributed by atoms with Crippen molar-refractivity contribution in [2.45, 2.75) is 18.4 Å². The van der Waals surface area contributed by atoms with Crippen molar-refractivity contribution in [1.82, 2.24) is 0 Å². The predicted octanol–water partition coefficient (Wildman–Crippen LogP) is 1.38. The molecule has 0 bridgehead atoms. The molecular formula is C13H18N2O2. The van der Waals surface area contributed by atoms with Crippen LogP contribution in [0, 0.1) is 5.92 Å². The lowest BCUT2D eigenvalue weighted by Crippen LogP contribution is -2.55. The number of carbonyl (C=O) groups is 1. The summed E-state index contributed by atoms with van der Waals surface area (Å²) in [6.45, 7) is 0.307. The number of benzene rings is 1. The van der Waals surface area contributed by atoms with E-state index in [4.69, 9.17) is 10.5 Å². The fourth-order valence-electron chi connectivity index (χ4n) is 2.17. The van der Waals surface area contributed by atoms with Gasteiger partial charge in [0.15, 0.2) is 0 Å². The number of nitrogens with one attached hydrogen (secondary N) is 1. The van der Waals surface area contributed by atoms with Gasteiger partial charge in [-0.15, -0.1) is 0 Å². The van der Waals surface area contributed by atoms with Gasteiger partial charge in [-0.25, -0.2) is 0 Å². The van der Waals surface area contributed by atoms with E-state index in [2.05, 4.69) is 5.32 Å². The van der Waals surface area contributed by atoms with E-state index in [-0.39, 0.29) is 11.8 Å². The number of para-hydroxylation sites is 1. The molecule has 0 spiro atoms. The molecule has 1 unspecified atom stereocenters. The molecule has 1 atom stereocenters. The summed E-state index contributed by atoms with van der Waals surface area (Å²) in [6, 6.07) is 9.64. The molecule has 2 rings (SSSR count). The fourth-order valence-corrected chi connectivity index (χ4v) is 2.17. The largest absolute Gasteiger partial charge is 0.382 e. The Hall–Kier alpha value is -1.55. The van der Waals surface area contributed by atoms with E-state index in [1.807, 2.05) is 30.3 Å². The molecule has 4 heteroatoms. The number of ether oxygens (including phenoxy) is 1. The zero-order valence-corrected chi connectivity index (χ0v) is 9.98. The normalized spacial score (nSPS) is 18.4. The van der Waals surface area contributed by atoms with Crippen LogP contribution in [0.5, 0.6) is 0 Å². The summed E-state index contributed by atoms with van der Waals surface area (Å²) in [6.07, 6.45) is 2.04. The van der Waals surface area contributed by atoms with Gasteiger partial charge in [-0.1, -0.05) is 18.2 Å². The molecule has 1 aromatic carbocycles. The molecule has 1 aromatic rings. The molecular weight excluding hydrogens is 216 g/mol. The topological polar surface area (TPSA) is 64.3 Å². The van der Waals surface area contributed by atoms with Crippen LogP contribution in [0.1, 0.15) is 12.8 Å². The van der Waals surface area contributed by atoms with Gasteiger partial charge in [0.25, 0.3) is 0 Å². The van der Waals surface area contributed by atoms with E-state index >= 15 is 0 Å². The van der Waals surface area contributed by atoms with Crippen LogP contribution in [-0.4, -0.2) is 25.2 Å². The second-order valence-corrected chi connectivity index (χ2v) is 4.53. The molecule has 4 nitrogen and oxygen atoms in total. The van der Waals surface area contributed by atoms with E-state index in [9.17, 15) is 4.79 Å². The van der Waals surface area contributed by atoms with Crippen molar-refractivity contribution < 1.29 is 9.53 Å². The first-order valence-corrected chi connectivity index (χ1v) is 5.81. The number of methoxy groups -OCH3 is 1. The van der Waals surface area contributed by atoms with Gasteiger partial charge in [-0.05, 0) is 30.9 Å². The smallest absolute Gasteiger partial charge is 0.245 e. The summed E-state index contributed by atoms with van der Waals surface area (Å²) in [4.78, 5) is 11.8. The summed E-state index contributed by atoms with van der Waals surface area (Å²) in [5, 5.41) is 3.26. The van der Waals surface area contributed by atoms with E-state index < -0.39 is 5.54 Å². The lowest BCUT2D eigenvalue weighted by Gasteiger charge is -2.32. The van der Waals surface area contributed by atoms with Gasteiger partial charge < -0.3 is 15.8 Å². The Bertz CT molecular complexity index is 390. The first-order chi connectivity index (χ1) is 8.19. The highest BCUT2D eigenvalue weighted by molar-refractivity contribution is 5.89. The van der Waals surface area contributed by atoms with Gasteiger partial charge in [-0.3, -0.25) is 4.79 Å². The summed E-state index contributed by atoms with van der Waals surface area (Å²) in [5.41, 5.74) is 5.70. The second-order valence-electron chi connectivity index (χ2n) is 4.53. The minimum Gasteiger partial charge on any atom is -0.382 e. The molecule has 1 aliphatic rings. The van der Waals surface area contributed by atoms with E-state index in [1.165, 1.54) is 0 Å². The summed E-state index contributed by atoms with van der Waals surface area (Å²) >= 11 is 0. The van der Waals surface area contributed by atoms with Crippen molar-refractivity contribution in [2.75, 3.05) is 19.0 Å². The minimum absolute atomic E-state index is 0.278. The van der Waals surface area contributed by atoms with Crippen molar-refractivity contribution in [3.05, 3.63) is 30.3 Å². The van der Waals surface area contributed by atoms with E-state index in [0.29, 0.717) is 6.61 Å². The highest BCUT2D eigenvalue weighted by Gasteiger charge is 2.50. The number of carbonyl (C=O) groups excluding carboxylic acids is 1. The molecule has 0 aromatic heterocycles. The maximum absolute atomic E-state index is 11.8. The Balaban J connectivity index is 2.23. The molecule has 1 amide bonds.